The van der Waals surface area contributed by atoms with Crippen LogP contribution in [0, 0.1) is 0 Å². The molecule has 0 atom stereocenters. The number of aromatic nitrogens is 7. The van der Waals surface area contributed by atoms with Gasteiger partial charge < -0.3 is 13.7 Å². The Bertz CT molecular complexity index is 5800. The van der Waals surface area contributed by atoms with E-state index in [0.29, 0.717) is 11.6 Å². The van der Waals surface area contributed by atoms with Crippen molar-refractivity contribution in [1.82, 2.24) is 33.6 Å². The van der Waals surface area contributed by atoms with E-state index in [4.69, 9.17) is 19.9 Å². The summed E-state index contributed by atoms with van der Waals surface area (Å²) in [5.74, 6) is 1.35. The maximum atomic E-state index is 5.23. The summed E-state index contributed by atoms with van der Waals surface area (Å²) in [6, 6.07) is 119. The fourth-order valence-corrected chi connectivity index (χ4v) is 13.8. The second kappa shape index (κ2) is 22.2. The SMILES string of the molecule is c1ccc(-c2cc(-c3ccccc3)nc(-c3cccc(-n4c5ccccc5c5cc(-c6ccc7c(c6)c6cc(-c8ccc9c%10ccccc%10n(-c%10cccc(-c%11nc(-c%12ccccc%12)cc(-c%12ccccc%12)n%11)c%10)c9c8)ccc6n7-c6ccccc6)ccc54)c3)n2)cc1. The summed E-state index contributed by atoms with van der Waals surface area (Å²) in [7, 11) is 0. The zero-order chi connectivity index (χ0) is 61.3. The predicted octanol–water partition coefficient (Wildman–Crippen LogP) is 21.9. The highest BCUT2D eigenvalue weighted by Crippen LogP contribution is 2.42. The fraction of sp³-hybridized carbons (Fsp3) is 0. The Morgan fingerprint density at radius 1 is 0.161 bits per heavy atom. The van der Waals surface area contributed by atoms with Gasteiger partial charge in [-0.05, 0) is 125 Å². The van der Waals surface area contributed by atoms with E-state index in [0.717, 1.165) is 129 Å². The minimum absolute atomic E-state index is 0.673. The van der Waals surface area contributed by atoms with Crippen LogP contribution in [0.1, 0.15) is 0 Å². The van der Waals surface area contributed by atoms with Crippen LogP contribution < -0.4 is 0 Å². The van der Waals surface area contributed by atoms with Gasteiger partial charge in [-0.15, -0.1) is 0 Å². The molecule has 0 aliphatic carbocycles. The molecule has 0 bridgehead atoms. The molecule has 434 valence electrons. The zero-order valence-corrected chi connectivity index (χ0v) is 50.4. The maximum Gasteiger partial charge on any atom is 0.160 e. The molecule has 5 heterocycles. The molecule has 7 nitrogen and oxygen atoms in total. The summed E-state index contributed by atoms with van der Waals surface area (Å²) in [5, 5.41) is 7.11. The minimum atomic E-state index is 0.673. The van der Waals surface area contributed by atoms with Crippen LogP contribution in [-0.2, 0) is 0 Å². The van der Waals surface area contributed by atoms with Gasteiger partial charge in [-0.25, -0.2) is 19.9 Å². The normalized spacial score (nSPS) is 11.7. The Morgan fingerprint density at radius 2 is 0.452 bits per heavy atom. The third-order valence-electron chi connectivity index (χ3n) is 18.2. The van der Waals surface area contributed by atoms with Gasteiger partial charge in [0.05, 0.1) is 55.9 Å². The maximum absolute atomic E-state index is 5.23. The Hall–Kier alpha value is -12.6. The van der Waals surface area contributed by atoms with Crippen LogP contribution in [0.2, 0.25) is 0 Å². The van der Waals surface area contributed by atoms with E-state index in [-0.39, 0.29) is 0 Å². The molecule has 0 unspecified atom stereocenters. The Morgan fingerprint density at radius 3 is 0.882 bits per heavy atom. The molecule has 13 aromatic carbocycles. The summed E-state index contributed by atoms with van der Waals surface area (Å²) >= 11 is 0. The summed E-state index contributed by atoms with van der Waals surface area (Å²) < 4.78 is 7.19. The molecule has 18 aromatic rings. The van der Waals surface area contributed by atoms with Gasteiger partial charge in [-0.3, -0.25) is 0 Å². The molecule has 5 aromatic heterocycles. The van der Waals surface area contributed by atoms with Crippen molar-refractivity contribution in [1.29, 1.82) is 0 Å². The molecule has 7 heteroatoms. The molecule has 0 aliphatic heterocycles. The average Bonchev–Trinajstić information content (AvgIpc) is 1.60. The molecular weight excluding hydrogens is 1130 g/mol. The van der Waals surface area contributed by atoms with Crippen molar-refractivity contribution < 1.29 is 0 Å². The Kier molecular flexibility index (Phi) is 12.7. The van der Waals surface area contributed by atoms with Crippen molar-refractivity contribution in [3.63, 3.8) is 0 Å². The van der Waals surface area contributed by atoms with Crippen LogP contribution in [0.4, 0.5) is 0 Å². The highest BCUT2D eigenvalue weighted by atomic mass is 15.0. The second-order valence-electron chi connectivity index (χ2n) is 23.8. The molecule has 0 amide bonds. The van der Waals surface area contributed by atoms with Crippen LogP contribution in [0.25, 0.3) is 173 Å². The molecule has 18 rings (SSSR count). The molecule has 0 fully saturated rings. The smallest absolute Gasteiger partial charge is 0.160 e. The lowest BCUT2D eigenvalue weighted by molar-refractivity contribution is 1.16. The summed E-state index contributed by atoms with van der Waals surface area (Å²) in [6.07, 6.45) is 0. The molecule has 0 radical (unpaired) electrons. The van der Waals surface area contributed by atoms with Crippen LogP contribution in [-0.4, -0.2) is 33.6 Å². The van der Waals surface area contributed by atoms with Gasteiger partial charge in [0, 0.05) is 82.8 Å². The van der Waals surface area contributed by atoms with Crippen molar-refractivity contribution in [3.05, 3.63) is 334 Å². The van der Waals surface area contributed by atoms with Crippen molar-refractivity contribution in [2.75, 3.05) is 0 Å². The van der Waals surface area contributed by atoms with E-state index < -0.39 is 0 Å². The van der Waals surface area contributed by atoms with Crippen LogP contribution in [0.15, 0.2) is 334 Å². The summed E-state index contributed by atoms with van der Waals surface area (Å²) in [5.41, 5.74) is 24.1. The predicted molar refractivity (Wildman–Crippen MR) is 384 cm³/mol. The number of rotatable bonds is 11. The van der Waals surface area contributed by atoms with Gasteiger partial charge in [0.15, 0.2) is 11.6 Å². The van der Waals surface area contributed by atoms with Crippen molar-refractivity contribution >= 4 is 65.4 Å². The molecule has 0 aliphatic rings. The van der Waals surface area contributed by atoms with Gasteiger partial charge in [-0.1, -0.05) is 231 Å². The van der Waals surface area contributed by atoms with E-state index in [2.05, 4.69) is 323 Å². The zero-order valence-electron chi connectivity index (χ0n) is 50.4. The van der Waals surface area contributed by atoms with Gasteiger partial charge in [0.25, 0.3) is 0 Å². The fourth-order valence-electron chi connectivity index (χ4n) is 13.8. The topological polar surface area (TPSA) is 66.3 Å². The lowest BCUT2D eigenvalue weighted by atomic mass is 9.98. The van der Waals surface area contributed by atoms with Gasteiger partial charge in [-0.2, -0.15) is 0 Å². The number of benzene rings is 13. The van der Waals surface area contributed by atoms with Crippen molar-refractivity contribution in [3.8, 4) is 107 Å². The van der Waals surface area contributed by atoms with Gasteiger partial charge in [0.2, 0.25) is 0 Å². The number of hydrogen-bond donors (Lipinski definition) is 0. The van der Waals surface area contributed by atoms with E-state index in [9.17, 15) is 0 Å². The first-order chi connectivity index (χ1) is 46.1. The van der Waals surface area contributed by atoms with Gasteiger partial charge in [0.1, 0.15) is 0 Å². The lowest BCUT2D eigenvalue weighted by Gasteiger charge is -2.12. The van der Waals surface area contributed by atoms with E-state index in [1.54, 1.807) is 0 Å². The number of fused-ring (bicyclic) bond motifs is 9. The van der Waals surface area contributed by atoms with E-state index >= 15 is 0 Å². The number of nitrogens with zero attached hydrogens (tertiary/aromatic N) is 7. The second-order valence-corrected chi connectivity index (χ2v) is 23.8. The highest BCUT2D eigenvalue weighted by molar-refractivity contribution is 6.14. The molecule has 0 N–H and O–H groups in total. The lowest BCUT2D eigenvalue weighted by Crippen LogP contribution is -1.98. The molecule has 0 saturated carbocycles. The quantitative estimate of drug-likeness (QED) is 0.129. The van der Waals surface area contributed by atoms with Gasteiger partial charge >= 0.3 is 0 Å². The molecular formula is C86H55N7. The van der Waals surface area contributed by atoms with E-state index in [1.165, 1.54) is 32.3 Å². The van der Waals surface area contributed by atoms with Crippen LogP contribution in [0.5, 0.6) is 0 Å². The van der Waals surface area contributed by atoms with E-state index in [1.807, 2.05) is 24.3 Å². The van der Waals surface area contributed by atoms with Crippen LogP contribution in [0.3, 0.4) is 0 Å². The van der Waals surface area contributed by atoms with Crippen molar-refractivity contribution in [2.45, 2.75) is 0 Å². The minimum Gasteiger partial charge on any atom is -0.309 e. The first kappa shape index (κ1) is 53.4. The Balaban J connectivity index is 0.746. The molecule has 0 spiro atoms. The number of para-hydroxylation sites is 3. The Labute approximate surface area is 536 Å². The van der Waals surface area contributed by atoms with Crippen molar-refractivity contribution in [2.24, 2.45) is 0 Å². The monoisotopic (exact) mass is 1190 g/mol. The number of hydrogen-bond acceptors (Lipinski definition) is 4. The first-order valence-corrected chi connectivity index (χ1v) is 31.5. The highest BCUT2D eigenvalue weighted by Gasteiger charge is 2.21. The molecule has 0 saturated heterocycles. The third kappa shape index (κ3) is 9.37. The third-order valence-corrected chi connectivity index (χ3v) is 18.2. The van der Waals surface area contributed by atoms with Crippen LogP contribution >= 0.6 is 0 Å². The summed E-state index contributed by atoms with van der Waals surface area (Å²) in [6.45, 7) is 0. The molecule has 93 heavy (non-hydrogen) atoms. The first-order valence-electron chi connectivity index (χ1n) is 31.5. The standard InChI is InChI=1S/C86H55N7/c1-6-22-56(23-7-1)75-54-76(57-24-8-2-9-25-57)88-85(87-75)64-30-20-34-67(48-64)92-80-39-19-17-37-70(80)72-50-60(41-45-81(72)92)61-42-46-82-73(51-61)74-52-62(43-47-83(74)91(82)66-32-14-5-15-33-66)63-40-44-71-69-36-16-18-38-79(69)93(84(71)53-63)68-35-21-31-65(49-68)86-89-77(58-26-10-3-11-27-58)55-78(90-86)59-28-12-4-13-29-59/h1-55H. The largest absolute Gasteiger partial charge is 0.309 e. The average molecular weight is 1190 g/mol. The summed E-state index contributed by atoms with van der Waals surface area (Å²) in [4.78, 5) is 20.9.